The maximum Gasteiger partial charge on any atom is 0.352 e. The first kappa shape index (κ1) is 11.4. The Morgan fingerprint density at radius 3 is 2.65 bits per heavy atom. The van der Waals surface area contributed by atoms with Crippen LogP contribution in [0.1, 0.15) is 23.0 Å². The minimum atomic E-state index is -1.08. The van der Waals surface area contributed by atoms with Crippen LogP contribution in [0.3, 0.4) is 0 Å². The van der Waals surface area contributed by atoms with Crippen molar-refractivity contribution < 1.29 is 9.90 Å². The molecule has 0 amide bonds. The molecule has 0 aliphatic carbocycles. The van der Waals surface area contributed by atoms with E-state index >= 15 is 0 Å². The molecule has 0 aliphatic heterocycles. The lowest BCUT2D eigenvalue weighted by Crippen LogP contribution is -2.25. The normalized spacial score (nSPS) is 10.7. The molecule has 17 heavy (non-hydrogen) atoms. The highest BCUT2D eigenvalue weighted by atomic mass is 16.4. The fraction of sp³-hybridized carbons (Fsp3) is 0.231. The van der Waals surface area contributed by atoms with Gasteiger partial charge in [-0.2, -0.15) is 0 Å². The van der Waals surface area contributed by atoms with E-state index in [1.165, 1.54) is 4.57 Å². The maximum atomic E-state index is 12.1. The molecule has 1 aromatic heterocycles. The number of aryl methyl sites for hydroxylation is 1. The molecule has 2 rings (SSSR count). The summed E-state index contributed by atoms with van der Waals surface area (Å²) in [6.45, 7) is 4.01. The lowest BCUT2D eigenvalue weighted by atomic mass is 10.1. The number of aromatic carboxylic acids is 1. The summed E-state index contributed by atoms with van der Waals surface area (Å²) in [5, 5.41) is 10.3. The predicted octanol–water partition coefficient (Wildman–Crippen LogP) is 2.03. The molecular weight excluding hydrogens is 218 g/mol. The van der Waals surface area contributed by atoms with Crippen molar-refractivity contribution in [1.82, 2.24) is 4.57 Å². The van der Waals surface area contributed by atoms with Gasteiger partial charge in [-0.3, -0.25) is 4.79 Å². The topological polar surface area (TPSA) is 59.3 Å². The molecule has 0 atom stereocenters. The van der Waals surface area contributed by atoms with Crippen LogP contribution in [0.2, 0.25) is 0 Å². The van der Waals surface area contributed by atoms with Gasteiger partial charge in [0.2, 0.25) is 0 Å². The second-order valence-electron chi connectivity index (χ2n) is 3.97. The second-order valence-corrected chi connectivity index (χ2v) is 3.97. The molecular formula is C13H13NO3. The third-order valence-corrected chi connectivity index (χ3v) is 2.80. The molecule has 0 saturated carbocycles. The molecule has 0 saturated heterocycles. The number of carbonyl (C=O) groups is 1. The van der Waals surface area contributed by atoms with Crippen LogP contribution in [-0.4, -0.2) is 15.6 Å². The lowest BCUT2D eigenvalue weighted by Gasteiger charge is -2.09. The molecule has 4 heteroatoms. The van der Waals surface area contributed by atoms with Crippen LogP contribution in [0, 0.1) is 6.92 Å². The number of carboxylic acids is 1. The minimum absolute atomic E-state index is 0.0360. The van der Waals surface area contributed by atoms with Gasteiger partial charge in [-0.15, -0.1) is 0 Å². The molecule has 0 radical (unpaired) electrons. The third-order valence-electron chi connectivity index (χ3n) is 2.80. The highest BCUT2D eigenvalue weighted by molar-refractivity contribution is 5.92. The van der Waals surface area contributed by atoms with Crippen molar-refractivity contribution in [3.63, 3.8) is 0 Å². The Bertz CT molecular complexity index is 655. The number of hydrogen-bond acceptors (Lipinski definition) is 2. The van der Waals surface area contributed by atoms with Gasteiger partial charge in [0.1, 0.15) is 5.69 Å². The SMILES string of the molecule is CCn1c(C(=O)O)cc2ccc(C)cc2c1=O. The van der Waals surface area contributed by atoms with E-state index < -0.39 is 5.97 Å². The second kappa shape index (κ2) is 4.05. The van der Waals surface area contributed by atoms with E-state index in [1.54, 1.807) is 25.1 Å². The van der Waals surface area contributed by atoms with Crippen LogP contribution in [0.4, 0.5) is 0 Å². The van der Waals surface area contributed by atoms with E-state index in [-0.39, 0.29) is 11.3 Å². The summed E-state index contributed by atoms with van der Waals surface area (Å²) in [7, 11) is 0. The first-order valence-electron chi connectivity index (χ1n) is 5.42. The molecule has 0 bridgehead atoms. The van der Waals surface area contributed by atoms with Crippen molar-refractivity contribution in [2.24, 2.45) is 0 Å². The quantitative estimate of drug-likeness (QED) is 0.860. The number of rotatable bonds is 2. The largest absolute Gasteiger partial charge is 0.477 e. The van der Waals surface area contributed by atoms with Gasteiger partial charge < -0.3 is 9.67 Å². The van der Waals surface area contributed by atoms with E-state index in [0.717, 1.165) is 5.56 Å². The van der Waals surface area contributed by atoms with Crippen molar-refractivity contribution >= 4 is 16.7 Å². The minimum Gasteiger partial charge on any atom is -0.477 e. The molecule has 4 nitrogen and oxygen atoms in total. The standard InChI is InChI=1S/C13H13NO3/c1-3-14-11(13(16)17)7-9-5-4-8(2)6-10(9)12(14)15/h4-7H,3H2,1-2H3,(H,16,17). The predicted molar refractivity (Wildman–Crippen MR) is 65.6 cm³/mol. The number of fused-ring (bicyclic) bond motifs is 1. The first-order chi connectivity index (χ1) is 8.04. The number of nitrogens with zero attached hydrogens (tertiary/aromatic N) is 1. The lowest BCUT2D eigenvalue weighted by molar-refractivity contribution is 0.0684. The average Bonchev–Trinajstić information content (AvgIpc) is 2.29. The maximum absolute atomic E-state index is 12.1. The van der Waals surface area contributed by atoms with Gasteiger partial charge in [0.25, 0.3) is 5.56 Å². The van der Waals surface area contributed by atoms with E-state index in [1.807, 2.05) is 13.0 Å². The summed E-state index contributed by atoms with van der Waals surface area (Å²) < 4.78 is 1.28. The molecule has 1 heterocycles. The number of benzene rings is 1. The van der Waals surface area contributed by atoms with Crippen molar-refractivity contribution in [2.45, 2.75) is 20.4 Å². The van der Waals surface area contributed by atoms with Gasteiger partial charge in [0.05, 0.1) is 0 Å². The molecule has 0 aliphatic rings. The molecule has 88 valence electrons. The summed E-state index contributed by atoms with van der Waals surface area (Å²) in [6.07, 6.45) is 0. The molecule has 1 aromatic carbocycles. The van der Waals surface area contributed by atoms with Gasteiger partial charge >= 0.3 is 5.97 Å². The fourth-order valence-corrected chi connectivity index (χ4v) is 1.95. The van der Waals surface area contributed by atoms with Crippen LogP contribution < -0.4 is 5.56 Å². The summed E-state index contributed by atoms with van der Waals surface area (Å²) in [6, 6.07) is 6.97. The van der Waals surface area contributed by atoms with Crippen LogP contribution in [-0.2, 0) is 6.54 Å². The van der Waals surface area contributed by atoms with E-state index in [4.69, 9.17) is 5.11 Å². The zero-order valence-electron chi connectivity index (χ0n) is 9.73. The highest BCUT2D eigenvalue weighted by Crippen LogP contribution is 2.14. The zero-order chi connectivity index (χ0) is 12.6. The Balaban J connectivity index is 2.93. The zero-order valence-corrected chi connectivity index (χ0v) is 9.73. The van der Waals surface area contributed by atoms with Crippen molar-refractivity contribution in [1.29, 1.82) is 0 Å². The number of aromatic nitrogens is 1. The van der Waals surface area contributed by atoms with Crippen LogP contribution in [0.5, 0.6) is 0 Å². The van der Waals surface area contributed by atoms with Gasteiger partial charge in [-0.05, 0) is 31.4 Å². The van der Waals surface area contributed by atoms with E-state index in [9.17, 15) is 9.59 Å². The molecule has 1 N–H and O–H groups in total. The smallest absolute Gasteiger partial charge is 0.352 e. The number of hydrogen-bond donors (Lipinski definition) is 1. The summed E-state index contributed by atoms with van der Waals surface area (Å²) >= 11 is 0. The monoisotopic (exact) mass is 231 g/mol. The fourth-order valence-electron chi connectivity index (χ4n) is 1.95. The Labute approximate surface area is 98.1 Å². The van der Waals surface area contributed by atoms with Crippen molar-refractivity contribution in [3.8, 4) is 0 Å². The van der Waals surface area contributed by atoms with Crippen molar-refractivity contribution in [2.75, 3.05) is 0 Å². The molecule has 2 aromatic rings. The number of carboxylic acid groups (broad SMARTS) is 1. The summed E-state index contributed by atoms with van der Waals surface area (Å²) in [5.41, 5.74) is 0.778. The molecule has 0 unspecified atom stereocenters. The van der Waals surface area contributed by atoms with Crippen LogP contribution in [0.15, 0.2) is 29.1 Å². The van der Waals surface area contributed by atoms with E-state index in [2.05, 4.69) is 0 Å². The van der Waals surface area contributed by atoms with Crippen LogP contribution >= 0.6 is 0 Å². The Morgan fingerprint density at radius 1 is 1.35 bits per heavy atom. The molecule has 0 fully saturated rings. The first-order valence-corrected chi connectivity index (χ1v) is 5.42. The van der Waals surface area contributed by atoms with Gasteiger partial charge in [0, 0.05) is 11.9 Å². The van der Waals surface area contributed by atoms with E-state index in [0.29, 0.717) is 17.3 Å². The third kappa shape index (κ3) is 1.82. The average molecular weight is 231 g/mol. The Morgan fingerprint density at radius 2 is 2.06 bits per heavy atom. The highest BCUT2D eigenvalue weighted by Gasteiger charge is 2.13. The Hall–Kier alpha value is -2.10. The van der Waals surface area contributed by atoms with Crippen molar-refractivity contribution in [3.05, 3.63) is 45.9 Å². The molecule has 0 spiro atoms. The van der Waals surface area contributed by atoms with Crippen LogP contribution in [0.25, 0.3) is 10.8 Å². The summed E-state index contributed by atoms with van der Waals surface area (Å²) in [5.74, 6) is -1.08. The summed E-state index contributed by atoms with van der Waals surface area (Å²) in [4.78, 5) is 23.2. The van der Waals surface area contributed by atoms with Gasteiger partial charge in [-0.1, -0.05) is 17.7 Å². The van der Waals surface area contributed by atoms with Gasteiger partial charge in [-0.25, -0.2) is 4.79 Å². The van der Waals surface area contributed by atoms with Gasteiger partial charge in [0.15, 0.2) is 0 Å². The number of pyridine rings is 1. The Kier molecular flexibility index (Phi) is 2.71.